The quantitative estimate of drug-likeness (QED) is 0.696. The lowest BCUT2D eigenvalue weighted by atomic mass is 10.2. The van der Waals surface area contributed by atoms with Gasteiger partial charge in [0.05, 0.1) is 31.0 Å². The number of benzene rings is 2. The van der Waals surface area contributed by atoms with E-state index in [0.717, 1.165) is 47.2 Å². The Morgan fingerprint density at radius 2 is 1.54 bits per heavy atom. The summed E-state index contributed by atoms with van der Waals surface area (Å²) in [5.41, 5.74) is 1.91. The molecule has 26 heavy (non-hydrogen) atoms. The standard InChI is InChI=1S/C20H25N3OS.ClH/c1-3-22(4-2)15-9-14-21-20(24)23-16-10-5-7-12-18(16)25-19-13-8-6-11-17(19)23;/h5-8,10-13H,3-4,9,14-15H2,1-2H3,(H,21,24);1H. The fourth-order valence-electron chi connectivity index (χ4n) is 3.14. The Morgan fingerprint density at radius 1 is 1.00 bits per heavy atom. The number of hydrogen-bond acceptors (Lipinski definition) is 2. The molecule has 0 bridgehead atoms. The summed E-state index contributed by atoms with van der Waals surface area (Å²) < 4.78 is 0. The van der Waals surface area contributed by atoms with Crippen molar-refractivity contribution < 1.29 is 22.1 Å². The number of nitrogens with zero attached hydrogens (tertiary/aromatic N) is 1. The molecule has 0 aliphatic carbocycles. The van der Waals surface area contributed by atoms with Crippen LogP contribution in [-0.2, 0) is 0 Å². The Morgan fingerprint density at radius 3 is 2.08 bits per heavy atom. The first-order chi connectivity index (χ1) is 12.2. The fraction of sp³-hybridized carbons (Fsp3) is 0.350. The van der Waals surface area contributed by atoms with Crippen molar-refractivity contribution in [2.45, 2.75) is 30.1 Å². The molecule has 0 spiro atoms. The maximum absolute atomic E-state index is 12.9. The fourth-order valence-corrected chi connectivity index (χ4v) is 4.20. The third-order valence-corrected chi connectivity index (χ3v) is 5.75. The van der Waals surface area contributed by atoms with Gasteiger partial charge in [0.1, 0.15) is 0 Å². The number of quaternary nitrogens is 1. The molecule has 2 amide bonds. The van der Waals surface area contributed by atoms with E-state index >= 15 is 0 Å². The normalized spacial score (nSPS) is 12.2. The van der Waals surface area contributed by atoms with Gasteiger partial charge in [-0.05, 0) is 38.1 Å². The largest absolute Gasteiger partial charge is 1.00 e. The molecule has 1 aliphatic heterocycles. The predicted octanol–water partition coefficient (Wildman–Crippen LogP) is 0.318. The molecule has 4 nitrogen and oxygen atoms in total. The topological polar surface area (TPSA) is 36.8 Å². The van der Waals surface area contributed by atoms with Gasteiger partial charge in [0.2, 0.25) is 0 Å². The molecule has 2 N–H and O–H groups in total. The van der Waals surface area contributed by atoms with E-state index < -0.39 is 0 Å². The number of hydrogen-bond donors (Lipinski definition) is 2. The van der Waals surface area contributed by atoms with Gasteiger partial charge in [-0.15, -0.1) is 0 Å². The highest BCUT2D eigenvalue weighted by Gasteiger charge is 2.27. The van der Waals surface area contributed by atoms with Gasteiger partial charge in [0.15, 0.2) is 0 Å². The lowest BCUT2D eigenvalue weighted by molar-refractivity contribution is -0.896. The summed E-state index contributed by atoms with van der Waals surface area (Å²) in [6, 6.07) is 16.1. The van der Waals surface area contributed by atoms with E-state index in [1.54, 1.807) is 16.7 Å². The van der Waals surface area contributed by atoms with Crippen molar-refractivity contribution in [3.05, 3.63) is 48.5 Å². The first kappa shape index (κ1) is 20.6. The summed E-state index contributed by atoms with van der Waals surface area (Å²) in [7, 11) is 0. The van der Waals surface area contributed by atoms with Gasteiger partial charge in [-0.3, -0.25) is 4.90 Å². The van der Waals surface area contributed by atoms with E-state index in [1.165, 1.54) is 0 Å². The zero-order valence-electron chi connectivity index (χ0n) is 15.3. The highest BCUT2D eigenvalue weighted by Crippen LogP contribution is 2.47. The summed E-state index contributed by atoms with van der Waals surface area (Å²) in [6.07, 6.45) is 0.995. The molecule has 6 heteroatoms. The molecular formula is C20H26ClN3OS. The number of urea groups is 1. The number of carbonyl (C=O) groups is 1. The number of amides is 2. The van der Waals surface area contributed by atoms with Crippen molar-refractivity contribution in [1.29, 1.82) is 0 Å². The third kappa shape index (κ3) is 4.53. The molecule has 0 saturated carbocycles. The number of nitrogens with one attached hydrogen (secondary N) is 2. The average Bonchev–Trinajstić information content (AvgIpc) is 2.66. The molecule has 140 valence electrons. The first-order valence-electron chi connectivity index (χ1n) is 9.02. The smallest absolute Gasteiger partial charge is 0.326 e. The molecule has 0 atom stereocenters. The number of anilines is 2. The minimum absolute atomic E-state index is 0. The van der Waals surface area contributed by atoms with Crippen molar-refractivity contribution in [3.8, 4) is 0 Å². The molecule has 2 aromatic carbocycles. The first-order valence-corrected chi connectivity index (χ1v) is 9.83. The van der Waals surface area contributed by atoms with Crippen LogP contribution in [0.3, 0.4) is 0 Å². The lowest BCUT2D eigenvalue weighted by Gasteiger charge is -2.31. The predicted molar refractivity (Wildman–Crippen MR) is 104 cm³/mol. The van der Waals surface area contributed by atoms with Gasteiger partial charge in [-0.1, -0.05) is 36.0 Å². The minimum Gasteiger partial charge on any atom is -1.00 e. The Bertz CT molecular complexity index is 691. The molecule has 2 aromatic rings. The van der Waals surface area contributed by atoms with Crippen LogP contribution in [0.2, 0.25) is 0 Å². The molecule has 1 heterocycles. The number of fused-ring (bicyclic) bond motifs is 2. The molecule has 0 saturated heterocycles. The molecule has 3 rings (SSSR count). The molecular weight excluding hydrogens is 366 g/mol. The van der Waals surface area contributed by atoms with Gasteiger partial charge in [-0.2, -0.15) is 0 Å². The lowest BCUT2D eigenvalue weighted by Crippen LogP contribution is -3.11. The van der Waals surface area contributed by atoms with Crippen LogP contribution in [0.25, 0.3) is 0 Å². The van der Waals surface area contributed by atoms with Crippen LogP contribution in [0, 0.1) is 0 Å². The third-order valence-electron chi connectivity index (χ3n) is 4.62. The minimum atomic E-state index is -0.0465. The number of rotatable bonds is 6. The molecule has 0 aromatic heterocycles. The Hall–Kier alpha value is -1.69. The second-order valence-electron chi connectivity index (χ2n) is 6.17. The van der Waals surface area contributed by atoms with E-state index in [9.17, 15) is 4.79 Å². The van der Waals surface area contributed by atoms with Crippen LogP contribution in [0.15, 0.2) is 58.3 Å². The van der Waals surface area contributed by atoms with Crippen molar-refractivity contribution in [2.75, 3.05) is 31.1 Å². The van der Waals surface area contributed by atoms with E-state index in [4.69, 9.17) is 0 Å². The SMILES string of the molecule is CC[NH+](CC)CCCNC(=O)N1c2ccccc2Sc2ccccc21.[Cl-]. The van der Waals surface area contributed by atoms with Crippen molar-refractivity contribution in [3.63, 3.8) is 0 Å². The van der Waals surface area contributed by atoms with Gasteiger partial charge >= 0.3 is 6.03 Å². The Balaban J connectivity index is 0.00000243. The zero-order chi connectivity index (χ0) is 17.6. The van der Waals surface area contributed by atoms with Crippen molar-refractivity contribution >= 4 is 29.2 Å². The van der Waals surface area contributed by atoms with Crippen LogP contribution in [-0.4, -0.2) is 32.2 Å². The van der Waals surface area contributed by atoms with Gasteiger partial charge in [0.25, 0.3) is 0 Å². The van der Waals surface area contributed by atoms with Gasteiger partial charge in [0, 0.05) is 22.8 Å². The van der Waals surface area contributed by atoms with Crippen molar-refractivity contribution in [2.24, 2.45) is 0 Å². The maximum Gasteiger partial charge on any atom is 0.326 e. The Kier molecular flexibility index (Phi) is 7.82. The number of carbonyl (C=O) groups excluding carboxylic acids is 1. The highest BCUT2D eigenvalue weighted by atomic mass is 35.5. The molecule has 0 unspecified atom stereocenters. The Labute approximate surface area is 166 Å². The van der Waals surface area contributed by atoms with Crippen LogP contribution < -0.4 is 27.5 Å². The van der Waals surface area contributed by atoms with E-state index in [0.29, 0.717) is 6.54 Å². The summed E-state index contributed by atoms with van der Waals surface area (Å²) in [4.78, 5) is 18.5. The van der Waals surface area contributed by atoms with Crippen LogP contribution in [0.4, 0.5) is 16.2 Å². The van der Waals surface area contributed by atoms with Crippen LogP contribution in [0.1, 0.15) is 20.3 Å². The molecule has 0 radical (unpaired) electrons. The van der Waals surface area contributed by atoms with Crippen LogP contribution >= 0.6 is 11.8 Å². The number of halogens is 1. The summed E-state index contributed by atoms with van der Waals surface area (Å²) in [6.45, 7) is 8.48. The maximum atomic E-state index is 12.9. The summed E-state index contributed by atoms with van der Waals surface area (Å²) in [5, 5.41) is 3.10. The van der Waals surface area contributed by atoms with E-state index in [2.05, 4.69) is 31.3 Å². The second kappa shape index (κ2) is 9.86. The van der Waals surface area contributed by atoms with Gasteiger partial charge < -0.3 is 22.6 Å². The second-order valence-corrected chi connectivity index (χ2v) is 7.25. The zero-order valence-corrected chi connectivity index (χ0v) is 16.9. The number of para-hydroxylation sites is 2. The molecule has 1 aliphatic rings. The monoisotopic (exact) mass is 391 g/mol. The van der Waals surface area contributed by atoms with E-state index in [1.807, 2.05) is 41.3 Å². The summed E-state index contributed by atoms with van der Waals surface area (Å²) in [5.74, 6) is 0. The van der Waals surface area contributed by atoms with Crippen LogP contribution in [0.5, 0.6) is 0 Å². The average molecular weight is 392 g/mol. The molecule has 0 fully saturated rings. The highest BCUT2D eigenvalue weighted by molar-refractivity contribution is 7.99. The summed E-state index contributed by atoms with van der Waals surface area (Å²) >= 11 is 1.72. The van der Waals surface area contributed by atoms with Crippen molar-refractivity contribution in [1.82, 2.24) is 5.32 Å². The van der Waals surface area contributed by atoms with Gasteiger partial charge in [-0.25, -0.2) is 4.79 Å². The van der Waals surface area contributed by atoms with E-state index in [-0.39, 0.29) is 18.4 Å².